The molecule has 3 atom stereocenters. The molecule has 0 aliphatic carbocycles. The van der Waals surface area contributed by atoms with Gasteiger partial charge in [-0.1, -0.05) is 11.8 Å². The quantitative estimate of drug-likeness (QED) is 0.163. The topological polar surface area (TPSA) is 194 Å². The molecule has 0 rings (SSSR count). The molecule has 1 unspecified atom stereocenters. The second-order valence-electron chi connectivity index (χ2n) is 5.47. The van der Waals surface area contributed by atoms with Crippen molar-refractivity contribution in [2.75, 3.05) is 32.1 Å². The molecule has 0 fully saturated rings. The zero-order valence-electron chi connectivity index (χ0n) is 15.6. The molecule has 0 radical (unpaired) electrons. The summed E-state index contributed by atoms with van der Waals surface area (Å²) in [4.78, 5) is 58.4. The molecule has 12 nitrogen and oxygen atoms in total. The van der Waals surface area contributed by atoms with E-state index < -0.39 is 61.6 Å². The van der Waals surface area contributed by atoms with E-state index in [1.54, 1.807) is 6.92 Å². The lowest BCUT2D eigenvalue weighted by molar-refractivity contribution is -0.135. The molecule has 13 heteroatoms. The summed E-state index contributed by atoms with van der Waals surface area (Å²) < 4.78 is 0. The first-order valence-corrected chi connectivity index (χ1v) is 9.32. The summed E-state index contributed by atoms with van der Waals surface area (Å²) in [6.45, 7) is 0.845. The highest BCUT2D eigenvalue weighted by atomic mass is 32.2. The monoisotopic (exact) mass is 422 g/mol. The van der Waals surface area contributed by atoms with Gasteiger partial charge in [0.1, 0.15) is 18.1 Å². The van der Waals surface area contributed by atoms with E-state index >= 15 is 0 Å². The fourth-order valence-corrected chi connectivity index (χ4v) is 2.25. The van der Waals surface area contributed by atoms with Crippen LogP contribution in [-0.4, -0.2) is 94.3 Å². The summed E-state index contributed by atoms with van der Waals surface area (Å²) in [5.74, 6) is -3.50. The molecule has 0 saturated carbocycles. The van der Waals surface area contributed by atoms with Gasteiger partial charge in [-0.2, -0.15) is 0 Å². The van der Waals surface area contributed by atoms with E-state index in [9.17, 15) is 39.3 Å². The van der Waals surface area contributed by atoms with E-state index in [1.165, 1.54) is 6.92 Å². The lowest BCUT2D eigenvalue weighted by Crippen LogP contribution is -2.59. The highest BCUT2D eigenvalue weighted by Gasteiger charge is 2.28. The van der Waals surface area contributed by atoms with Crippen molar-refractivity contribution in [3.05, 3.63) is 0 Å². The number of carbonyl (C=O) groups is 5. The smallest absolute Gasteiger partial charge is 0.245 e. The van der Waals surface area contributed by atoms with Gasteiger partial charge in [-0.25, -0.2) is 0 Å². The zero-order valence-corrected chi connectivity index (χ0v) is 16.4. The minimum atomic E-state index is -1.49. The standard InChI is InChI=1S/C15H26N4O8S/c1-3-16-13(25)9(4-20)18-15(27)11(6-22)19-14(26)10(5-21)17-12(24)7-28-8(2)23/h9-11,20-22H,3-7H2,1-2H3,(H,16,25)(H,17,24)(H,18,27)(H,19,26)/t9-,10-,11?/m0/s1. The Morgan fingerprint density at radius 1 is 0.786 bits per heavy atom. The van der Waals surface area contributed by atoms with Crippen LogP contribution in [0.2, 0.25) is 0 Å². The van der Waals surface area contributed by atoms with Crippen molar-refractivity contribution < 1.29 is 39.3 Å². The van der Waals surface area contributed by atoms with Gasteiger partial charge >= 0.3 is 0 Å². The summed E-state index contributed by atoms with van der Waals surface area (Å²) in [6, 6.07) is -4.19. The molecule has 28 heavy (non-hydrogen) atoms. The number of nitrogens with one attached hydrogen (secondary N) is 4. The maximum atomic E-state index is 12.1. The average Bonchev–Trinajstić information content (AvgIpc) is 2.66. The van der Waals surface area contributed by atoms with Gasteiger partial charge in [0.25, 0.3) is 0 Å². The summed E-state index contributed by atoms with van der Waals surface area (Å²) in [7, 11) is 0. The fourth-order valence-electron chi connectivity index (χ4n) is 1.83. The van der Waals surface area contributed by atoms with Gasteiger partial charge < -0.3 is 36.6 Å². The molecule has 0 saturated heterocycles. The van der Waals surface area contributed by atoms with Crippen molar-refractivity contribution >= 4 is 40.5 Å². The largest absolute Gasteiger partial charge is 0.394 e. The van der Waals surface area contributed by atoms with Crippen LogP contribution in [0.1, 0.15) is 13.8 Å². The molecular weight excluding hydrogens is 396 g/mol. The molecule has 0 aliphatic rings. The number of aliphatic hydroxyl groups is 3. The SMILES string of the molecule is CCNC(=O)[C@H](CO)NC(=O)C(CO)NC(=O)[C@H](CO)NC(=O)CSC(C)=O. The summed E-state index contributed by atoms with van der Waals surface area (Å²) in [5, 5.41) is 36.4. The van der Waals surface area contributed by atoms with Crippen molar-refractivity contribution in [1.29, 1.82) is 0 Å². The van der Waals surface area contributed by atoms with Crippen LogP contribution in [0.25, 0.3) is 0 Å². The van der Waals surface area contributed by atoms with Gasteiger partial charge in [-0.05, 0) is 6.92 Å². The lowest BCUT2D eigenvalue weighted by Gasteiger charge is -2.22. The number of hydrogen-bond acceptors (Lipinski definition) is 9. The van der Waals surface area contributed by atoms with Crippen molar-refractivity contribution in [1.82, 2.24) is 21.3 Å². The third kappa shape index (κ3) is 9.64. The Kier molecular flexibility index (Phi) is 12.8. The van der Waals surface area contributed by atoms with Crippen LogP contribution in [0.4, 0.5) is 0 Å². The second-order valence-corrected chi connectivity index (χ2v) is 6.62. The maximum Gasteiger partial charge on any atom is 0.245 e. The van der Waals surface area contributed by atoms with E-state index in [2.05, 4.69) is 21.3 Å². The number of amides is 4. The predicted octanol–water partition coefficient (Wildman–Crippen LogP) is -4.17. The molecule has 0 aromatic rings. The Labute approximate surface area is 165 Å². The number of rotatable bonds is 12. The van der Waals surface area contributed by atoms with Gasteiger partial charge in [-0.3, -0.25) is 24.0 Å². The Hall–Kier alpha value is -2.22. The molecule has 0 aromatic heterocycles. The Morgan fingerprint density at radius 2 is 1.21 bits per heavy atom. The van der Waals surface area contributed by atoms with Crippen LogP contribution >= 0.6 is 11.8 Å². The van der Waals surface area contributed by atoms with Gasteiger partial charge in [0.15, 0.2) is 5.12 Å². The van der Waals surface area contributed by atoms with Crippen LogP contribution in [0, 0.1) is 0 Å². The minimum Gasteiger partial charge on any atom is -0.394 e. The first kappa shape index (κ1) is 25.8. The van der Waals surface area contributed by atoms with E-state index in [4.69, 9.17) is 0 Å². The maximum absolute atomic E-state index is 12.1. The van der Waals surface area contributed by atoms with Gasteiger partial charge in [0.05, 0.1) is 25.6 Å². The van der Waals surface area contributed by atoms with Crippen molar-refractivity contribution in [3.63, 3.8) is 0 Å². The normalized spacial score (nSPS) is 13.6. The molecule has 0 heterocycles. The predicted molar refractivity (Wildman–Crippen MR) is 98.9 cm³/mol. The third-order valence-corrected chi connectivity index (χ3v) is 4.04. The Bertz CT molecular complexity index is 574. The van der Waals surface area contributed by atoms with Crippen LogP contribution in [0.3, 0.4) is 0 Å². The molecule has 7 N–H and O–H groups in total. The minimum absolute atomic E-state index is 0.256. The molecule has 0 aromatic carbocycles. The van der Waals surface area contributed by atoms with Crippen molar-refractivity contribution in [2.24, 2.45) is 0 Å². The number of likely N-dealkylation sites (N-methyl/N-ethyl adjacent to an activating group) is 1. The molecule has 0 spiro atoms. The first-order chi connectivity index (χ1) is 13.2. The molecule has 160 valence electrons. The number of carbonyl (C=O) groups excluding carboxylic acids is 5. The average molecular weight is 422 g/mol. The van der Waals surface area contributed by atoms with Crippen LogP contribution < -0.4 is 21.3 Å². The number of hydrogen-bond donors (Lipinski definition) is 7. The fraction of sp³-hybridized carbons (Fsp3) is 0.667. The second kappa shape index (κ2) is 13.9. The number of thioether (sulfide) groups is 1. The molecular formula is C15H26N4O8S. The van der Waals surface area contributed by atoms with Crippen LogP contribution in [0.15, 0.2) is 0 Å². The van der Waals surface area contributed by atoms with Crippen molar-refractivity contribution in [3.8, 4) is 0 Å². The zero-order chi connectivity index (χ0) is 21.7. The van der Waals surface area contributed by atoms with Crippen LogP contribution in [-0.2, 0) is 24.0 Å². The first-order valence-electron chi connectivity index (χ1n) is 8.33. The molecule has 0 aliphatic heterocycles. The van der Waals surface area contributed by atoms with E-state index in [-0.39, 0.29) is 17.4 Å². The summed E-state index contributed by atoms with van der Waals surface area (Å²) in [6.07, 6.45) is 0. The highest BCUT2D eigenvalue weighted by Crippen LogP contribution is 2.00. The number of aliphatic hydroxyl groups excluding tert-OH is 3. The highest BCUT2D eigenvalue weighted by molar-refractivity contribution is 8.14. The molecule has 0 bridgehead atoms. The Morgan fingerprint density at radius 3 is 1.61 bits per heavy atom. The van der Waals surface area contributed by atoms with Crippen molar-refractivity contribution in [2.45, 2.75) is 32.0 Å². The van der Waals surface area contributed by atoms with Gasteiger partial charge in [-0.15, -0.1) is 0 Å². The van der Waals surface area contributed by atoms with Gasteiger partial charge in [0, 0.05) is 13.5 Å². The van der Waals surface area contributed by atoms with E-state index in [1.807, 2.05) is 0 Å². The van der Waals surface area contributed by atoms with E-state index in [0.717, 1.165) is 0 Å². The summed E-state index contributed by atoms with van der Waals surface area (Å²) in [5.41, 5.74) is 0. The van der Waals surface area contributed by atoms with Crippen LogP contribution in [0.5, 0.6) is 0 Å². The van der Waals surface area contributed by atoms with Gasteiger partial charge in [0.2, 0.25) is 23.6 Å². The third-order valence-electron chi connectivity index (χ3n) is 3.22. The van der Waals surface area contributed by atoms with E-state index in [0.29, 0.717) is 11.8 Å². The lowest BCUT2D eigenvalue weighted by atomic mass is 10.2. The Balaban J connectivity index is 4.84. The molecule has 4 amide bonds. The summed E-state index contributed by atoms with van der Waals surface area (Å²) >= 11 is 0.713.